The SMILES string of the molecule is CC(C)(C)c1cc(N2c3cc4c(ccc5ccccc54)cc3B3c4cc5ccc6ccccc6c5cc4N(c4cc(C(C)(C)C)cc(C(C)(C)C)c4)c4cc(-c5ccc(-c6ccccc6)cc5)cc2c43)cc(C(C)(C)C)c1. The summed E-state index contributed by atoms with van der Waals surface area (Å²) in [6.45, 7) is 28.2. The van der Waals surface area contributed by atoms with E-state index in [0.29, 0.717) is 0 Å². The average Bonchev–Trinajstić information content (AvgIpc) is 3.59. The van der Waals surface area contributed by atoms with Gasteiger partial charge in [-0.05, 0) is 174 Å². The third-order valence-electron chi connectivity index (χ3n) is 16.9. The summed E-state index contributed by atoms with van der Waals surface area (Å²) in [6, 6.07) is 77.4. The van der Waals surface area contributed by atoms with Crippen LogP contribution >= 0.6 is 0 Å². The number of anilines is 6. The van der Waals surface area contributed by atoms with Crippen molar-refractivity contribution < 1.29 is 0 Å². The third-order valence-corrected chi connectivity index (χ3v) is 16.9. The van der Waals surface area contributed by atoms with E-state index in [2.05, 4.69) is 293 Å². The van der Waals surface area contributed by atoms with Crippen LogP contribution in [-0.2, 0) is 21.7 Å². The van der Waals surface area contributed by atoms with Crippen molar-refractivity contribution in [2.45, 2.75) is 105 Å². The second kappa shape index (κ2) is 17.3. The molecule has 0 saturated carbocycles. The molecule has 13 rings (SSSR count). The van der Waals surface area contributed by atoms with E-state index >= 15 is 0 Å². The molecule has 2 aliphatic rings. The molecule has 2 heterocycles. The van der Waals surface area contributed by atoms with Crippen LogP contribution < -0.4 is 26.2 Å². The van der Waals surface area contributed by atoms with Crippen molar-refractivity contribution in [1.29, 1.82) is 0 Å². The first kappa shape index (κ1) is 48.7. The predicted molar refractivity (Wildman–Crippen MR) is 336 cm³/mol. The molecule has 77 heavy (non-hydrogen) atoms. The van der Waals surface area contributed by atoms with Crippen molar-refractivity contribution in [3.63, 3.8) is 0 Å². The molecule has 0 fully saturated rings. The van der Waals surface area contributed by atoms with Gasteiger partial charge in [0.1, 0.15) is 0 Å². The van der Waals surface area contributed by atoms with Gasteiger partial charge in [-0.15, -0.1) is 0 Å². The zero-order valence-corrected chi connectivity index (χ0v) is 47.0. The van der Waals surface area contributed by atoms with Crippen LogP contribution in [0, 0.1) is 0 Å². The smallest absolute Gasteiger partial charge is 0.252 e. The van der Waals surface area contributed by atoms with Crippen molar-refractivity contribution in [3.8, 4) is 22.3 Å². The first-order valence-electron chi connectivity index (χ1n) is 27.8. The van der Waals surface area contributed by atoms with Gasteiger partial charge in [-0.25, -0.2) is 0 Å². The van der Waals surface area contributed by atoms with Crippen molar-refractivity contribution in [1.82, 2.24) is 0 Å². The van der Waals surface area contributed by atoms with E-state index in [1.54, 1.807) is 0 Å². The molecular formula is C74H69BN2. The predicted octanol–water partition coefficient (Wildman–Crippen LogP) is 18.9. The van der Waals surface area contributed by atoms with Gasteiger partial charge in [-0.3, -0.25) is 0 Å². The fourth-order valence-electron chi connectivity index (χ4n) is 12.4. The molecule has 378 valence electrons. The Morgan fingerprint density at radius 2 is 0.623 bits per heavy atom. The third kappa shape index (κ3) is 8.24. The van der Waals surface area contributed by atoms with Crippen LogP contribution in [0.15, 0.2) is 200 Å². The van der Waals surface area contributed by atoms with Gasteiger partial charge in [0.2, 0.25) is 0 Å². The van der Waals surface area contributed by atoms with Gasteiger partial charge < -0.3 is 9.80 Å². The van der Waals surface area contributed by atoms with E-state index in [4.69, 9.17) is 0 Å². The Morgan fingerprint density at radius 3 is 1.03 bits per heavy atom. The fourth-order valence-corrected chi connectivity index (χ4v) is 12.4. The summed E-state index contributed by atoms with van der Waals surface area (Å²) in [5.74, 6) is 0. The van der Waals surface area contributed by atoms with E-state index in [1.807, 2.05) is 0 Å². The average molecular weight is 997 g/mol. The maximum atomic E-state index is 2.67. The molecule has 0 saturated heterocycles. The number of rotatable bonds is 4. The molecule has 11 aromatic carbocycles. The first-order valence-corrected chi connectivity index (χ1v) is 27.8. The maximum Gasteiger partial charge on any atom is 0.252 e. The van der Waals surface area contributed by atoms with Crippen molar-refractivity contribution in [3.05, 3.63) is 222 Å². The molecule has 2 aliphatic heterocycles. The van der Waals surface area contributed by atoms with Crippen LogP contribution in [0.1, 0.15) is 105 Å². The highest BCUT2D eigenvalue weighted by Crippen LogP contribution is 2.50. The second-order valence-corrected chi connectivity index (χ2v) is 26.4. The molecule has 11 aromatic rings. The fraction of sp³-hybridized carbons (Fsp3) is 0.216. The minimum Gasteiger partial charge on any atom is -0.311 e. The summed E-state index contributed by atoms with van der Waals surface area (Å²) in [4.78, 5) is 5.34. The Morgan fingerprint density at radius 1 is 0.273 bits per heavy atom. The van der Waals surface area contributed by atoms with Crippen LogP contribution in [0.25, 0.3) is 65.3 Å². The number of benzene rings is 11. The van der Waals surface area contributed by atoms with Crippen LogP contribution in [0.3, 0.4) is 0 Å². The Labute approximate surface area is 457 Å². The second-order valence-electron chi connectivity index (χ2n) is 26.4. The monoisotopic (exact) mass is 997 g/mol. The molecule has 2 nitrogen and oxygen atoms in total. The van der Waals surface area contributed by atoms with Crippen molar-refractivity contribution >= 4 is 100 Å². The number of fused-ring (bicyclic) bond motifs is 10. The molecule has 0 spiro atoms. The summed E-state index contributed by atoms with van der Waals surface area (Å²) in [5, 5.41) is 10.1. The normalized spacial score (nSPS) is 13.6. The Kier molecular flexibility index (Phi) is 11.0. The minimum absolute atomic E-state index is 0.0838. The number of nitrogens with zero attached hydrogens (tertiary/aromatic N) is 2. The molecule has 0 radical (unpaired) electrons. The van der Waals surface area contributed by atoms with E-state index in [-0.39, 0.29) is 28.4 Å². The van der Waals surface area contributed by atoms with Crippen LogP contribution in [0.2, 0.25) is 0 Å². The lowest BCUT2D eigenvalue weighted by Gasteiger charge is -2.45. The van der Waals surface area contributed by atoms with E-state index in [1.165, 1.54) is 138 Å². The largest absolute Gasteiger partial charge is 0.311 e. The van der Waals surface area contributed by atoms with Crippen LogP contribution in [0.4, 0.5) is 34.1 Å². The molecule has 0 atom stereocenters. The van der Waals surface area contributed by atoms with E-state index < -0.39 is 0 Å². The molecular weight excluding hydrogens is 928 g/mol. The highest BCUT2D eigenvalue weighted by Gasteiger charge is 2.45. The Balaban J connectivity index is 1.21. The van der Waals surface area contributed by atoms with Gasteiger partial charge in [0.05, 0.1) is 0 Å². The summed E-state index contributed by atoms with van der Waals surface area (Å²) >= 11 is 0. The first-order chi connectivity index (χ1) is 36.7. The Hall–Kier alpha value is -7.88. The van der Waals surface area contributed by atoms with Gasteiger partial charge in [0.15, 0.2) is 0 Å². The lowest BCUT2D eigenvalue weighted by molar-refractivity contribution is 0.568. The number of hydrogen-bond donors (Lipinski definition) is 0. The maximum absolute atomic E-state index is 2.67. The standard InChI is InChI=1S/C74H69BN2/c1-71(2,3)54-38-55(72(4,5)6)41-58(40-54)76-66-44-62-51(32-30-49-22-16-18-24-60(49)62)34-64(66)75-65-35-52-33-31-50-23-17-19-25-61(50)63(52)45-67(65)77(59-42-56(73(7,8)9)39-57(43-59)74(10,11)12)69-37-53(36-68(76)70(69)75)48-28-26-47(27-29-48)46-20-14-13-15-21-46/h13-45H,1-12H3. The van der Waals surface area contributed by atoms with Crippen molar-refractivity contribution in [2.75, 3.05) is 9.80 Å². The molecule has 0 unspecified atom stereocenters. The highest BCUT2D eigenvalue weighted by molar-refractivity contribution is 7.00. The Bertz CT molecular complexity index is 3900. The topological polar surface area (TPSA) is 6.48 Å². The van der Waals surface area contributed by atoms with E-state index in [9.17, 15) is 0 Å². The van der Waals surface area contributed by atoms with Gasteiger partial charge in [-0.1, -0.05) is 235 Å². The summed E-state index contributed by atoms with van der Waals surface area (Å²) < 4.78 is 0. The molecule has 0 bridgehead atoms. The number of hydrogen-bond acceptors (Lipinski definition) is 2. The zero-order valence-electron chi connectivity index (χ0n) is 47.0. The van der Waals surface area contributed by atoms with Gasteiger partial charge in [-0.2, -0.15) is 0 Å². The summed E-state index contributed by atoms with van der Waals surface area (Å²) in [5.41, 5.74) is 20.9. The lowest BCUT2D eigenvalue weighted by atomic mass is 9.33. The molecule has 0 aromatic heterocycles. The van der Waals surface area contributed by atoms with E-state index in [0.717, 1.165) is 0 Å². The van der Waals surface area contributed by atoms with Crippen molar-refractivity contribution in [2.24, 2.45) is 0 Å². The molecule has 3 heteroatoms. The van der Waals surface area contributed by atoms with Gasteiger partial charge in [0.25, 0.3) is 6.71 Å². The lowest BCUT2D eigenvalue weighted by Crippen LogP contribution is -2.61. The summed E-state index contributed by atoms with van der Waals surface area (Å²) in [6.07, 6.45) is 0. The van der Waals surface area contributed by atoms with Gasteiger partial charge >= 0.3 is 0 Å². The quantitative estimate of drug-likeness (QED) is 0.128. The zero-order chi connectivity index (χ0) is 53.5. The minimum atomic E-state index is -0.0949. The highest BCUT2D eigenvalue weighted by atomic mass is 15.2. The van der Waals surface area contributed by atoms with Gasteiger partial charge in [0, 0.05) is 34.1 Å². The summed E-state index contributed by atoms with van der Waals surface area (Å²) in [7, 11) is 0. The molecule has 0 aliphatic carbocycles. The van der Waals surface area contributed by atoms with Crippen LogP contribution in [0.5, 0.6) is 0 Å². The van der Waals surface area contributed by atoms with Crippen LogP contribution in [-0.4, -0.2) is 6.71 Å². The molecule has 0 amide bonds. The molecule has 0 N–H and O–H groups in total.